The van der Waals surface area contributed by atoms with Gasteiger partial charge >= 0.3 is 5.97 Å². The number of terminal acetylenes is 1. The van der Waals surface area contributed by atoms with Gasteiger partial charge in [-0.15, -0.1) is 6.42 Å². The third-order valence-electron chi connectivity index (χ3n) is 5.58. The van der Waals surface area contributed by atoms with E-state index in [1.807, 2.05) is 48.6 Å². The van der Waals surface area contributed by atoms with Crippen molar-refractivity contribution in [2.45, 2.75) is 6.10 Å². The first-order valence-corrected chi connectivity index (χ1v) is 11.4. The number of nitrogens with zero attached hydrogens (tertiary/aromatic N) is 1. The van der Waals surface area contributed by atoms with Crippen molar-refractivity contribution in [2.75, 3.05) is 20.3 Å². The first kappa shape index (κ1) is 25.4. The quantitative estimate of drug-likeness (QED) is 0.270. The highest BCUT2D eigenvalue weighted by Gasteiger charge is 2.17. The third-order valence-corrected chi connectivity index (χ3v) is 5.58. The van der Waals surface area contributed by atoms with E-state index in [4.69, 9.17) is 20.6 Å². The Labute approximate surface area is 214 Å². The predicted molar refractivity (Wildman–Crippen MR) is 140 cm³/mol. The summed E-state index contributed by atoms with van der Waals surface area (Å²) in [6.07, 6.45) is 8.59. The minimum absolute atomic E-state index is 0.0190. The molecule has 0 spiro atoms. The molecule has 4 aromatic rings. The van der Waals surface area contributed by atoms with Crippen LogP contribution in [0.4, 0.5) is 4.39 Å². The second-order valence-corrected chi connectivity index (χ2v) is 8.06. The number of halogens is 1. The van der Waals surface area contributed by atoms with Crippen molar-refractivity contribution < 1.29 is 28.5 Å². The van der Waals surface area contributed by atoms with Crippen molar-refractivity contribution in [1.29, 1.82) is 0 Å². The zero-order valence-electron chi connectivity index (χ0n) is 20.1. The number of fused-ring (bicyclic) bond motifs is 1. The number of hydrogen-bond donors (Lipinski definition) is 1. The number of carboxylic acids is 1. The summed E-state index contributed by atoms with van der Waals surface area (Å²) in [5.74, 6) is 1.59. The number of ether oxygens (including phenoxy) is 3. The monoisotopic (exact) mass is 497 g/mol. The zero-order valence-corrected chi connectivity index (χ0v) is 20.1. The van der Waals surface area contributed by atoms with Crippen LogP contribution >= 0.6 is 0 Å². The highest BCUT2D eigenvalue weighted by atomic mass is 19.1. The van der Waals surface area contributed by atoms with E-state index < -0.39 is 12.1 Å². The van der Waals surface area contributed by atoms with E-state index in [9.17, 15) is 14.3 Å². The molecule has 7 heteroatoms. The van der Waals surface area contributed by atoms with Gasteiger partial charge in [-0.3, -0.25) is 0 Å². The van der Waals surface area contributed by atoms with Gasteiger partial charge in [-0.2, -0.15) is 0 Å². The molecule has 0 saturated carbocycles. The van der Waals surface area contributed by atoms with Crippen molar-refractivity contribution in [3.05, 3.63) is 101 Å². The summed E-state index contributed by atoms with van der Waals surface area (Å²) in [5.41, 5.74) is 2.93. The molecule has 0 bridgehead atoms. The van der Waals surface area contributed by atoms with Crippen LogP contribution < -0.4 is 9.47 Å². The molecule has 186 valence electrons. The topological polar surface area (TPSA) is 77.9 Å². The van der Waals surface area contributed by atoms with Crippen LogP contribution in [0.15, 0.2) is 72.8 Å². The van der Waals surface area contributed by atoms with Gasteiger partial charge in [0.25, 0.3) is 0 Å². The number of aromatic carboxylic acids is 1. The smallest absolute Gasteiger partial charge is 0.339 e. The summed E-state index contributed by atoms with van der Waals surface area (Å²) < 4.78 is 30.3. The van der Waals surface area contributed by atoms with E-state index in [0.717, 1.165) is 16.5 Å². The molecule has 3 aromatic carbocycles. The molecule has 1 aromatic heterocycles. The van der Waals surface area contributed by atoms with Crippen molar-refractivity contribution in [3.8, 4) is 23.8 Å². The first-order chi connectivity index (χ1) is 18.0. The molecular formula is C30H24FNO5. The van der Waals surface area contributed by atoms with E-state index in [1.165, 1.54) is 25.3 Å². The molecule has 1 N–H and O–H groups in total. The maximum atomic E-state index is 13.6. The van der Waals surface area contributed by atoms with E-state index in [2.05, 4.69) is 10.9 Å². The van der Waals surface area contributed by atoms with Crippen LogP contribution in [0, 0.1) is 18.2 Å². The van der Waals surface area contributed by atoms with Crippen molar-refractivity contribution in [1.82, 2.24) is 4.98 Å². The molecule has 1 atom stereocenters. The van der Waals surface area contributed by atoms with Crippen LogP contribution in [0.25, 0.3) is 23.1 Å². The molecule has 0 aliphatic heterocycles. The van der Waals surface area contributed by atoms with Crippen LogP contribution in [0.1, 0.15) is 33.3 Å². The molecule has 0 saturated heterocycles. The van der Waals surface area contributed by atoms with Gasteiger partial charge in [0.2, 0.25) is 0 Å². The lowest BCUT2D eigenvalue weighted by Gasteiger charge is -2.19. The lowest BCUT2D eigenvalue weighted by atomic mass is 10.1. The standard InChI is InChI=1S/C30H24FNO5/c1-3-15-36-29(19-37-28-14-13-25(35-2)18-26(28)30(33)34)22-6-4-5-20(16-22)7-11-24-12-9-21-8-10-23(31)17-27(21)32-24/h1,4-14,16-18,29H,15,19H2,2H3,(H,33,34)/b11-7+/t29-/m0/s1. The maximum Gasteiger partial charge on any atom is 0.339 e. The molecule has 0 unspecified atom stereocenters. The number of aromatic nitrogens is 1. The zero-order chi connectivity index (χ0) is 26.2. The Kier molecular flexibility index (Phi) is 8.14. The summed E-state index contributed by atoms with van der Waals surface area (Å²) in [5, 5.41) is 10.4. The highest BCUT2D eigenvalue weighted by Crippen LogP contribution is 2.27. The number of methoxy groups -OCH3 is 1. The van der Waals surface area contributed by atoms with Gasteiger partial charge in [0, 0.05) is 11.5 Å². The number of carboxylic acid groups (broad SMARTS) is 1. The lowest BCUT2D eigenvalue weighted by Crippen LogP contribution is -2.16. The second kappa shape index (κ2) is 11.8. The summed E-state index contributed by atoms with van der Waals surface area (Å²) >= 11 is 0. The number of rotatable bonds is 10. The van der Waals surface area contributed by atoms with Gasteiger partial charge in [0.15, 0.2) is 0 Å². The van der Waals surface area contributed by atoms with Crippen LogP contribution in [-0.4, -0.2) is 36.4 Å². The molecule has 1 heterocycles. The molecule has 6 nitrogen and oxygen atoms in total. The van der Waals surface area contributed by atoms with Gasteiger partial charge < -0.3 is 19.3 Å². The first-order valence-electron chi connectivity index (χ1n) is 11.4. The summed E-state index contributed by atoms with van der Waals surface area (Å²) in [6.45, 7) is 0.0965. The van der Waals surface area contributed by atoms with Crippen LogP contribution in [-0.2, 0) is 4.74 Å². The summed E-state index contributed by atoms with van der Waals surface area (Å²) in [6, 6.07) is 20.4. The van der Waals surface area contributed by atoms with Crippen molar-refractivity contribution >= 4 is 29.0 Å². The number of benzene rings is 3. The van der Waals surface area contributed by atoms with E-state index in [1.54, 1.807) is 18.2 Å². The average molecular weight is 498 g/mol. The summed E-state index contributed by atoms with van der Waals surface area (Å²) in [4.78, 5) is 16.2. The van der Waals surface area contributed by atoms with E-state index in [0.29, 0.717) is 17.0 Å². The molecule has 0 amide bonds. The van der Waals surface area contributed by atoms with E-state index in [-0.39, 0.29) is 30.3 Å². The Morgan fingerprint density at radius 1 is 1.11 bits per heavy atom. The van der Waals surface area contributed by atoms with Gasteiger partial charge in [-0.25, -0.2) is 14.2 Å². The maximum absolute atomic E-state index is 13.6. The molecule has 0 radical (unpaired) electrons. The second-order valence-electron chi connectivity index (χ2n) is 8.06. The molecular weight excluding hydrogens is 473 g/mol. The van der Waals surface area contributed by atoms with Gasteiger partial charge in [0.05, 0.1) is 18.3 Å². The highest BCUT2D eigenvalue weighted by molar-refractivity contribution is 5.91. The number of carbonyl (C=O) groups is 1. The van der Waals surface area contributed by atoms with E-state index >= 15 is 0 Å². The minimum atomic E-state index is -1.13. The Bertz CT molecular complexity index is 1490. The van der Waals surface area contributed by atoms with Gasteiger partial charge in [-0.1, -0.05) is 36.3 Å². The van der Waals surface area contributed by atoms with Crippen molar-refractivity contribution in [2.24, 2.45) is 0 Å². The van der Waals surface area contributed by atoms with Gasteiger partial charge in [-0.05, 0) is 59.7 Å². The Morgan fingerprint density at radius 3 is 2.73 bits per heavy atom. The Balaban J connectivity index is 1.54. The average Bonchev–Trinajstić information content (AvgIpc) is 2.91. The Morgan fingerprint density at radius 2 is 1.95 bits per heavy atom. The number of pyridine rings is 1. The van der Waals surface area contributed by atoms with Crippen LogP contribution in [0.5, 0.6) is 11.5 Å². The predicted octanol–water partition coefficient (Wildman–Crippen LogP) is 6.02. The molecule has 0 aliphatic carbocycles. The van der Waals surface area contributed by atoms with Crippen LogP contribution in [0.3, 0.4) is 0 Å². The fraction of sp³-hybridized carbons (Fsp3) is 0.133. The summed E-state index contributed by atoms with van der Waals surface area (Å²) in [7, 11) is 1.46. The lowest BCUT2D eigenvalue weighted by molar-refractivity contribution is 0.0375. The van der Waals surface area contributed by atoms with Gasteiger partial charge in [0.1, 0.15) is 42.2 Å². The SMILES string of the molecule is C#CCO[C@@H](COc1ccc(OC)cc1C(=O)O)c1cccc(/C=C/c2ccc3ccc(F)cc3n2)c1. The molecule has 37 heavy (non-hydrogen) atoms. The fourth-order valence-electron chi connectivity index (χ4n) is 3.73. The van der Waals surface area contributed by atoms with Crippen molar-refractivity contribution in [3.63, 3.8) is 0 Å². The largest absolute Gasteiger partial charge is 0.497 e. The third kappa shape index (κ3) is 6.51. The molecule has 0 aliphatic rings. The normalized spacial score (nSPS) is 11.8. The number of hydrogen-bond acceptors (Lipinski definition) is 5. The molecule has 4 rings (SSSR count). The minimum Gasteiger partial charge on any atom is -0.497 e. The fourth-order valence-corrected chi connectivity index (χ4v) is 3.73. The Hall–Kier alpha value is -4.67. The molecule has 0 fully saturated rings. The van der Waals surface area contributed by atoms with Crippen LogP contribution in [0.2, 0.25) is 0 Å².